The van der Waals surface area contributed by atoms with E-state index in [1.54, 1.807) is 25.5 Å². The van der Waals surface area contributed by atoms with Crippen molar-refractivity contribution in [3.63, 3.8) is 0 Å². The molecular weight excluding hydrogens is 296 g/mol. The number of hydrogen-bond donors (Lipinski definition) is 2. The molecule has 0 spiro atoms. The summed E-state index contributed by atoms with van der Waals surface area (Å²) >= 11 is 0. The van der Waals surface area contributed by atoms with Crippen molar-refractivity contribution in [1.29, 1.82) is 0 Å². The first-order valence-corrected chi connectivity index (χ1v) is 7.09. The zero-order valence-corrected chi connectivity index (χ0v) is 12.6. The van der Waals surface area contributed by atoms with Crippen LogP contribution in [0.15, 0.2) is 47.1 Å². The molecule has 0 amide bonds. The molecule has 0 unspecified atom stereocenters. The monoisotopic (exact) mass is 312 g/mol. The number of nitrogens with one attached hydrogen (secondary N) is 1. The van der Waals surface area contributed by atoms with Crippen LogP contribution in [0.2, 0.25) is 0 Å². The maximum atomic E-state index is 9.05. The number of ether oxygens (including phenoxy) is 1. The number of aliphatic hydroxyl groups excluding tert-OH is 1. The van der Waals surface area contributed by atoms with E-state index in [4.69, 9.17) is 14.3 Å². The molecule has 0 aliphatic rings. The second-order valence-corrected chi connectivity index (χ2v) is 4.69. The van der Waals surface area contributed by atoms with Crippen molar-refractivity contribution in [1.82, 2.24) is 15.2 Å². The molecular formula is C16H16N4O3. The zero-order valence-electron chi connectivity index (χ0n) is 12.6. The third-order valence-corrected chi connectivity index (χ3v) is 3.20. The summed E-state index contributed by atoms with van der Waals surface area (Å²) in [5, 5.41) is 20.5. The highest BCUT2D eigenvalue weighted by atomic mass is 16.5. The van der Waals surface area contributed by atoms with Crippen molar-refractivity contribution < 1.29 is 14.3 Å². The van der Waals surface area contributed by atoms with E-state index in [0.29, 0.717) is 29.6 Å². The molecule has 23 heavy (non-hydrogen) atoms. The van der Waals surface area contributed by atoms with Gasteiger partial charge in [-0.1, -0.05) is 0 Å². The van der Waals surface area contributed by atoms with E-state index in [0.717, 1.165) is 11.3 Å². The molecule has 0 fully saturated rings. The van der Waals surface area contributed by atoms with Crippen LogP contribution in [0.3, 0.4) is 0 Å². The Morgan fingerprint density at radius 1 is 1.17 bits per heavy atom. The quantitative estimate of drug-likeness (QED) is 0.720. The van der Waals surface area contributed by atoms with Crippen LogP contribution in [-0.4, -0.2) is 40.5 Å². The molecule has 0 aliphatic carbocycles. The molecule has 3 aromatic rings. The second-order valence-electron chi connectivity index (χ2n) is 4.69. The minimum atomic E-state index is -0.0118. The Balaban J connectivity index is 2.00. The normalized spacial score (nSPS) is 10.5. The summed E-state index contributed by atoms with van der Waals surface area (Å²) in [6, 6.07) is 11.0. The molecule has 0 radical (unpaired) electrons. The largest absolute Gasteiger partial charge is 0.497 e. The highest BCUT2D eigenvalue weighted by molar-refractivity contribution is 5.72. The Bertz CT molecular complexity index is 758. The van der Waals surface area contributed by atoms with Crippen LogP contribution in [-0.2, 0) is 0 Å². The molecule has 7 heteroatoms. The van der Waals surface area contributed by atoms with Gasteiger partial charge in [0.05, 0.1) is 20.0 Å². The highest BCUT2D eigenvalue weighted by Crippen LogP contribution is 2.27. The molecule has 3 rings (SSSR count). The highest BCUT2D eigenvalue weighted by Gasteiger charge is 2.13. The van der Waals surface area contributed by atoms with Gasteiger partial charge in [-0.15, -0.1) is 10.2 Å². The topological polar surface area (TPSA) is 93.3 Å². The number of anilines is 1. The molecule has 0 saturated heterocycles. The van der Waals surface area contributed by atoms with Crippen molar-refractivity contribution in [2.75, 3.05) is 25.6 Å². The van der Waals surface area contributed by atoms with Crippen molar-refractivity contribution >= 4 is 5.82 Å². The van der Waals surface area contributed by atoms with Gasteiger partial charge in [0.2, 0.25) is 5.82 Å². The Morgan fingerprint density at radius 3 is 2.65 bits per heavy atom. The molecule has 0 atom stereocenters. The molecule has 118 valence electrons. The zero-order chi connectivity index (χ0) is 16.1. The molecule has 2 aromatic heterocycles. The van der Waals surface area contributed by atoms with E-state index < -0.39 is 0 Å². The van der Waals surface area contributed by atoms with E-state index in [1.165, 1.54) is 0 Å². The molecule has 0 saturated carbocycles. The lowest BCUT2D eigenvalue weighted by atomic mass is 10.1. The van der Waals surface area contributed by atoms with Gasteiger partial charge in [-0.3, -0.25) is 0 Å². The van der Waals surface area contributed by atoms with E-state index in [9.17, 15) is 0 Å². The van der Waals surface area contributed by atoms with Gasteiger partial charge in [0.25, 0.3) is 0 Å². The van der Waals surface area contributed by atoms with Crippen LogP contribution >= 0.6 is 0 Å². The minimum absolute atomic E-state index is 0.0118. The third kappa shape index (κ3) is 3.29. The van der Waals surface area contributed by atoms with Gasteiger partial charge in [-0.05, 0) is 36.4 Å². The van der Waals surface area contributed by atoms with E-state index in [2.05, 4.69) is 20.5 Å². The van der Waals surface area contributed by atoms with Crippen LogP contribution in [0.4, 0.5) is 5.82 Å². The van der Waals surface area contributed by atoms with Gasteiger partial charge in [-0.2, -0.15) is 0 Å². The molecule has 2 heterocycles. The maximum Gasteiger partial charge on any atom is 0.219 e. The number of aliphatic hydroxyl groups is 1. The Hall–Kier alpha value is -2.93. The lowest BCUT2D eigenvalue weighted by Crippen LogP contribution is -2.10. The number of aromatic nitrogens is 3. The number of benzene rings is 1. The predicted molar refractivity (Wildman–Crippen MR) is 85.1 cm³/mol. The van der Waals surface area contributed by atoms with Gasteiger partial charge in [-0.25, -0.2) is 4.98 Å². The first kappa shape index (κ1) is 15.0. The van der Waals surface area contributed by atoms with Crippen LogP contribution in [0, 0.1) is 0 Å². The summed E-state index contributed by atoms with van der Waals surface area (Å²) < 4.78 is 10.5. The van der Waals surface area contributed by atoms with Gasteiger partial charge < -0.3 is 19.6 Å². The number of methoxy groups -OCH3 is 1. The molecule has 0 bridgehead atoms. The van der Waals surface area contributed by atoms with E-state index in [-0.39, 0.29) is 6.61 Å². The second kappa shape index (κ2) is 6.89. The molecule has 7 nitrogen and oxygen atoms in total. The van der Waals surface area contributed by atoms with Crippen molar-refractivity contribution in [2.45, 2.75) is 0 Å². The lowest BCUT2D eigenvalue weighted by Gasteiger charge is -2.10. The molecule has 2 N–H and O–H groups in total. The first-order chi connectivity index (χ1) is 11.3. The predicted octanol–water partition coefficient (Wildman–Crippen LogP) is 2.21. The van der Waals surface area contributed by atoms with Crippen LogP contribution in [0.5, 0.6) is 5.75 Å². The Morgan fingerprint density at radius 2 is 2.00 bits per heavy atom. The van der Waals surface area contributed by atoms with Crippen molar-refractivity contribution in [3.05, 3.63) is 42.7 Å². The van der Waals surface area contributed by atoms with Gasteiger partial charge in [0.15, 0.2) is 11.6 Å². The van der Waals surface area contributed by atoms with Crippen LogP contribution in [0.1, 0.15) is 0 Å². The number of nitrogens with zero attached hydrogens (tertiary/aromatic N) is 3. The van der Waals surface area contributed by atoms with Gasteiger partial charge >= 0.3 is 0 Å². The van der Waals surface area contributed by atoms with E-state index >= 15 is 0 Å². The SMILES string of the molecule is COc1ccc(-c2nnc(-c3ccco3)nc2NCCO)cc1. The van der Waals surface area contributed by atoms with Crippen molar-refractivity contribution in [3.8, 4) is 28.6 Å². The average molecular weight is 312 g/mol. The van der Waals surface area contributed by atoms with Gasteiger partial charge in [0, 0.05) is 12.1 Å². The van der Waals surface area contributed by atoms with E-state index in [1.807, 2.05) is 24.3 Å². The first-order valence-electron chi connectivity index (χ1n) is 7.09. The number of furan rings is 1. The molecule has 1 aromatic carbocycles. The van der Waals surface area contributed by atoms with Crippen LogP contribution in [0.25, 0.3) is 22.8 Å². The van der Waals surface area contributed by atoms with Gasteiger partial charge in [0.1, 0.15) is 11.4 Å². The molecule has 0 aliphatic heterocycles. The van der Waals surface area contributed by atoms with Crippen LogP contribution < -0.4 is 10.1 Å². The summed E-state index contributed by atoms with van der Waals surface area (Å²) in [6.45, 7) is 0.349. The van der Waals surface area contributed by atoms with Crippen molar-refractivity contribution in [2.24, 2.45) is 0 Å². The Kier molecular flexibility index (Phi) is 4.49. The Labute approximate surface area is 133 Å². The summed E-state index contributed by atoms with van der Waals surface area (Å²) in [4.78, 5) is 4.45. The summed E-state index contributed by atoms with van der Waals surface area (Å²) in [5.41, 5.74) is 1.44. The summed E-state index contributed by atoms with van der Waals surface area (Å²) in [7, 11) is 1.61. The lowest BCUT2D eigenvalue weighted by molar-refractivity contribution is 0.311. The average Bonchev–Trinajstić information content (AvgIpc) is 3.14. The third-order valence-electron chi connectivity index (χ3n) is 3.20. The fraction of sp³-hybridized carbons (Fsp3) is 0.188. The standard InChI is InChI=1S/C16H16N4O3/c1-22-12-6-4-11(5-7-12)14-16(17-8-9-21)18-15(20-19-14)13-3-2-10-23-13/h2-7,10,21H,8-9H2,1H3,(H,17,18,20). The summed E-state index contributed by atoms with van der Waals surface area (Å²) in [6.07, 6.45) is 1.55. The fourth-order valence-electron chi connectivity index (χ4n) is 2.08. The maximum absolute atomic E-state index is 9.05. The number of rotatable bonds is 6. The fourth-order valence-corrected chi connectivity index (χ4v) is 2.08. The number of hydrogen-bond acceptors (Lipinski definition) is 7. The smallest absolute Gasteiger partial charge is 0.219 e. The summed E-state index contributed by atoms with van der Waals surface area (Å²) in [5.74, 6) is 2.20. The minimum Gasteiger partial charge on any atom is -0.497 e.